The molecule has 0 radical (unpaired) electrons. The molecule has 0 bridgehead atoms. The van der Waals surface area contributed by atoms with Crippen LogP contribution < -0.4 is 10.2 Å². The highest BCUT2D eigenvalue weighted by atomic mass is 79.9. The van der Waals surface area contributed by atoms with E-state index in [1.165, 1.54) is 5.56 Å². The Bertz CT molecular complexity index is 367. The van der Waals surface area contributed by atoms with Crippen LogP contribution in [0, 0.1) is 0 Å². The molecule has 1 fully saturated rings. The van der Waals surface area contributed by atoms with E-state index in [2.05, 4.69) is 44.1 Å². The molecule has 1 aromatic heterocycles. The molecule has 1 aliphatic rings. The van der Waals surface area contributed by atoms with Gasteiger partial charge in [0.25, 0.3) is 0 Å². The van der Waals surface area contributed by atoms with Gasteiger partial charge in [0, 0.05) is 35.9 Å². The van der Waals surface area contributed by atoms with E-state index in [0.29, 0.717) is 0 Å². The van der Waals surface area contributed by atoms with Crippen molar-refractivity contribution in [2.24, 2.45) is 0 Å². The van der Waals surface area contributed by atoms with Crippen molar-refractivity contribution in [3.05, 3.63) is 22.3 Å². The second kappa shape index (κ2) is 6.33. The van der Waals surface area contributed by atoms with Gasteiger partial charge in [-0.3, -0.25) is 0 Å². The number of halogens is 1. The summed E-state index contributed by atoms with van der Waals surface area (Å²) in [6.45, 7) is 7.36. The van der Waals surface area contributed by atoms with E-state index < -0.39 is 0 Å². The lowest BCUT2D eigenvalue weighted by Crippen LogP contribution is -2.37. The summed E-state index contributed by atoms with van der Waals surface area (Å²) in [5, 5.41) is 3.35. The minimum Gasteiger partial charge on any atom is -0.378 e. The van der Waals surface area contributed by atoms with Crippen LogP contribution in [0.25, 0.3) is 0 Å². The van der Waals surface area contributed by atoms with E-state index in [1.807, 2.05) is 6.20 Å². The van der Waals surface area contributed by atoms with Gasteiger partial charge in [-0.15, -0.1) is 0 Å². The largest absolute Gasteiger partial charge is 0.378 e. The Kier molecular flexibility index (Phi) is 4.76. The van der Waals surface area contributed by atoms with Crippen LogP contribution in [0.2, 0.25) is 0 Å². The van der Waals surface area contributed by atoms with E-state index in [4.69, 9.17) is 4.74 Å². The zero-order valence-corrected chi connectivity index (χ0v) is 11.7. The van der Waals surface area contributed by atoms with Crippen LogP contribution >= 0.6 is 15.9 Å². The van der Waals surface area contributed by atoms with Gasteiger partial charge in [0.05, 0.1) is 13.2 Å². The van der Waals surface area contributed by atoms with Gasteiger partial charge in [0.2, 0.25) is 0 Å². The van der Waals surface area contributed by atoms with Crippen molar-refractivity contribution >= 4 is 21.7 Å². The molecule has 1 N–H and O–H groups in total. The van der Waals surface area contributed by atoms with Crippen LogP contribution in [0.5, 0.6) is 0 Å². The van der Waals surface area contributed by atoms with E-state index >= 15 is 0 Å². The lowest BCUT2D eigenvalue weighted by atomic mass is 10.2. The summed E-state index contributed by atoms with van der Waals surface area (Å²) in [4.78, 5) is 6.83. The van der Waals surface area contributed by atoms with Gasteiger partial charge in [-0.05, 0) is 28.5 Å². The van der Waals surface area contributed by atoms with E-state index in [-0.39, 0.29) is 0 Å². The fourth-order valence-corrected chi connectivity index (χ4v) is 2.30. The second-order valence-corrected chi connectivity index (χ2v) is 4.93. The lowest BCUT2D eigenvalue weighted by molar-refractivity contribution is 0.122. The summed E-state index contributed by atoms with van der Waals surface area (Å²) in [5.74, 6) is 1.08. The highest BCUT2D eigenvalue weighted by molar-refractivity contribution is 9.10. The number of hydrogen-bond acceptors (Lipinski definition) is 4. The normalized spacial score (nSPS) is 16.2. The summed E-state index contributed by atoms with van der Waals surface area (Å²) >= 11 is 3.48. The Morgan fingerprint density at radius 3 is 2.94 bits per heavy atom. The highest BCUT2D eigenvalue weighted by Crippen LogP contribution is 2.22. The summed E-state index contributed by atoms with van der Waals surface area (Å²) in [6.07, 6.45) is 1.86. The molecule has 5 heteroatoms. The van der Waals surface area contributed by atoms with Crippen molar-refractivity contribution < 1.29 is 4.74 Å². The number of hydrogen-bond donors (Lipinski definition) is 1. The van der Waals surface area contributed by atoms with Gasteiger partial charge in [-0.2, -0.15) is 0 Å². The fraction of sp³-hybridized carbons (Fsp3) is 0.583. The molecule has 1 aromatic rings. The third-order valence-corrected chi connectivity index (χ3v) is 3.22. The van der Waals surface area contributed by atoms with Crippen molar-refractivity contribution in [1.29, 1.82) is 0 Å². The molecule has 1 aliphatic heterocycles. The number of nitrogens with zero attached hydrogens (tertiary/aromatic N) is 2. The molecule has 4 nitrogen and oxygen atoms in total. The Morgan fingerprint density at radius 1 is 1.47 bits per heavy atom. The van der Waals surface area contributed by atoms with Crippen LogP contribution in [0.1, 0.15) is 12.5 Å². The Labute approximate surface area is 110 Å². The van der Waals surface area contributed by atoms with Gasteiger partial charge < -0.3 is 15.0 Å². The van der Waals surface area contributed by atoms with Crippen LogP contribution in [0.15, 0.2) is 16.7 Å². The molecular formula is C12H18BrN3O. The second-order valence-electron chi connectivity index (χ2n) is 4.02. The minimum absolute atomic E-state index is 0.790. The molecule has 0 spiro atoms. The van der Waals surface area contributed by atoms with Crippen LogP contribution in [0.3, 0.4) is 0 Å². The SMILES string of the molecule is CCNCc1cc(Br)cnc1N1CCOCC1. The first-order chi connectivity index (χ1) is 8.31. The molecule has 0 unspecified atom stereocenters. The standard InChI is InChI=1S/C12H18BrN3O/c1-2-14-8-10-7-11(13)9-15-12(10)16-3-5-17-6-4-16/h7,9,14H,2-6,8H2,1H3. The number of pyridine rings is 1. The quantitative estimate of drug-likeness (QED) is 0.920. The predicted octanol–water partition coefficient (Wildman–Crippen LogP) is 1.79. The monoisotopic (exact) mass is 299 g/mol. The van der Waals surface area contributed by atoms with Crippen molar-refractivity contribution in [3.8, 4) is 0 Å². The van der Waals surface area contributed by atoms with Gasteiger partial charge >= 0.3 is 0 Å². The molecule has 0 amide bonds. The summed E-state index contributed by atoms with van der Waals surface area (Å²) in [7, 11) is 0. The van der Waals surface area contributed by atoms with Crippen molar-refractivity contribution in [3.63, 3.8) is 0 Å². The number of anilines is 1. The summed E-state index contributed by atoms with van der Waals surface area (Å²) in [5.41, 5.74) is 1.24. The Hall–Kier alpha value is -0.650. The Morgan fingerprint density at radius 2 is 2.24 bits per heavy atom. The smallest absolute Gasteiger partial charge is 0.133 e. The number of rotatable bonds is 4. The summed E-state index contributed by atoms with van der Waals surface area (Å²) in [6, 6.07) is 2.14. The number of nitrogens with one attached hydrogen (secondary N) is 1. The van der Waals surface area contributed by atoms with Gasteiger partial charge in [-0.1, -0.05) is 6.92 Å². The van der Waals surface area contributed by atoms with Crippen LogP contribution in [-0.4, -0.2) is 37.8 Å². The molecule has 0 aliphatic carbocycles. The fourth-order valence-electron chi connectivity index (χ4n) is 1.92. The van der Waals surface area contributed by atoms with Crippen molar-refractivity contribution in [2.75, 3.05) is 37.7 Å². The molecule has 0 atom stereocenters. The minimum atomic E-state index is 0.790. The van der Waals surface area contributed by atoms with Crippen molar-refractivity contribution in [2.45, 2.75) is 13.5 Å². The summed E-state index contributed by atoms with van der Waals surface area (Å²) < 4.78 is 6.40. The lowest BCUT2D eigenvalue weighted by Gasteiger charge is -2.29. The predicted molar refractivity (Wildman–Crippen MR) is 72.3 cm³/mol. The number of aromatic nitrogens is 1. The Balaban J connectivity index is 2.18. The van der Waals surface area contributed by atoms with Gasteiger partial charge in [0.1, 0.15) is 5.82 Å². The molecule has 94 valence electrons. The zero-order chi connectivity index (χ0) is 12.1. The first-order valence-electron chi connectivity index (χ1n) is 5.99. The maximum absolute atomic E-state index is 5.37. The maximum Gasteiger partial charge on any atom is 0.133 e. The average Bonchev–Trinajstić information content (AvgIpc) is 2.37. The first kappa shape index (κ1) is 12.8. The molecule has 0 aromatic carbocycles. The van der Waals surface area contributed by atoms with E-state index in [1.54, 1.807) is 0 Å². The first-order valence-corrected chi connectivity index (χ1v) is 6.78. The van der Waals surface area contributed by atoms with E-state index in [9.17, 15) is 0 Å². The molecule has 2 rings (SSSR count). The van der Waals surface area contributed by atoms with E-state index in [0.717, 1.165) is 49.7 Å². The van der Waals surface area contributed by atoms with Gasteiger partial charge in [-0.25, -0.2) is 4.98 Å². The highest BCUT2D eigenvalue weighted by Gasteiger charge is 2.16. The molecule has 17 heavy (non-hydrogen) atoms. The molecular weight excluding hydrogens is 282 g/mol. The molecule has 0 saturated carbocycles. The zero-order valence-electron chi connectivity index (χ0n) is 10.1. The third kappa shape index (κ3) is 3.40. The average molecular weight is 300 g/mol. The molecule has 1 saturated heterocycles. The van der Waals surface area contributed by atoms with Crippen LogP contribution in [-0.2, 0) is 11.3 Å². The number of ether oxygens (including phenoxy) is 1. The van der Waals surface area contributed by atoms with Crippen LogP contribution in [0.4, 0.5) is 5.82 Å². The topological polar surface area (TPSA) is 37.4 Å². The van der Waals surface area contributed by atoms with Crippen molar-refractivity contribution in [1.82, 2.24) is 10.3 Å². The molecule has 2 heterocycles. The maximum atomic E-state index is 5.37. The number of morpholine rings is 1. The van der Waals surface area contributed by atoms with Gasteiger partial charge in [0.15, 0.2) is 0 Å². The third-order valence-electron chi connectivity index (χ3n) is 2.79.